The molecule has 2 rings (SSSR count). The van der Waals surface area contributed by atoms with Crippen molar-refractivity contribution in [2.75, 3.05) is 26.0 Å². The summed E-state index contributed by atoms with van der Waals surface area (Å²) in [7, 11) is 3.43. The summed E-state index contributed by atoms with van der Waals surface area (Å²) in [6, 6.07) is 15.9. The summed E-state index contributed by atoms with van der Waals surface area (Å²) < 4.78 is 5.17. The van der Waals surface area contributed by atoms with Crippen molar-refractivity contribution in [3.8, 4) is 5.75 Å². The van der Waals surface area contributed by atoms with E-state index in [1.54, 1.807) is 14.2 Å². The highest BCUT2D eigenvalue weighted by atomic mass is 127. The molecule has 0 radical (unpaired) electrons. The van der Waals surface area contributed by atoms with Crippen LogP contribution in [0.4, 0.5) is 5.69 Å². The molecule has 0 atom stereocenters. The van der Waals surface area contributed by atoms with E-state index >= 15 is 0 Å². The fraction of sp³-hybridized carbons (Fsp3) is 0.364. The van der Waals surface area contributed by atoms with E-state index in [9.17, 15) is 4.79 Å². The summed E-state index contributed by atoms with van der Waals surface area (Å²) >= 11 is 0. The molecule has 0 aliphatic carbocycles. The number of anilines is 1. The SMILES string of the molecule is CCCC(=O)Nc1ccc(CNC(=NC)NCCc2ccc(OC)cc2)cc1.I. The smallest absolute Gasteiger partial charge is 0.224 e. The van der Waals surface area contributed by atoms with Crippen molar-refractivity contribution in [1.29, 1.82) is 0 Å². The van der Waals surface area contributed by atoms with Crippen molar-refractivity contribution < 1.29 is 9.53 Å². The number of nitrogens with one attached hydrogen (secondary N) is 3. The quantitative estimate of drug-likeness (QED) is 0.271. The second-order valence-corrected chi connectivity index (χ2v) is 6.45. The number of ether oxygens (including phenoxy) is 1. The summed E-state index contributed by atoms with van der Waals surface area (Å²) in [5.74, 6) is 1.67. The second kappa shape index (κ2) is 13.8. The van der Waals surface area contributed by atoms with Crippen molar-refractivity contribution in [1.82, 2.24) is 10.6 Å². The summed E-state index contributed by atoms with van der Waals surface area (Å²) in [4.78, 5) is 15.9. The van der Waals surface area contributed by atoms with E-state index in [1.807, 2.05) is 43.3 Å². The zero-order valence-electron chi connectivity index (χ0n) is 17.3. The van der Waals surface area contributed by atoms with E-state index in [0.717, 1.165) is 42.3 Å². The first-order chi connectivity index (χ1) is 13.6. The standard InChI is InChI=1S/C22H30N4O2.HI/c1-4-5-21(27)26-19-10-6-18(7-11-19)16-25-22(23-2)24-15-14-17-8-12-20(28-3)13-9-17;/h6-13H,4-5,14-16H2,1-3H3,(H,26,27)(H2,23,24,25);1H. The average Bonchev–Trinajstić information content (AvgIpc) is 2.72. The number of guanidine groups is 1. The van der Waals surface area contributed by atoms with Gasteiger partial charge in [-0.05, 0) is 48.2 Å². The van der Waals surface area contributed by atoms with E-state index in [2.05, 4.69) is 33.1 Å². The molecular weight excluding hydrogens is 479 g/mol. The van der Waals surface area contributed by atoms with Gasteiger partial charge < -0.3 is 20.7 Å². The van der Waals surface area contributed by atoms with Gasteiger partial charge >= 0.3 is 0 Å². The number of carbonyl (C=O) groups is 1. The Morgan fingerprint density at radius 3 is 2.24 bits per heavy atom. The van der Waals surface area contributed by atoms with Gasteiger partial charge in [-0.3, -0.25) is 9.79 Å². The molecule has 0 saturated carbocycles. The van der Waals surface area contributed by atoms with Crippen LogP contribution in [0.25, 0.3) is 0 Å². The van der Waals surface area contributed by atoms with Gasteiger partial charge in [-0.2, -0.15) is 0 Å². The molecule has 2 aromatic carbocycles. The van der Waals surface area contributed by atoms with E-state index in [0.29, 0.717) is 13.0 Å². The normalized spacial score (nSPS) is 10.7. The fourth-order valence-corrected chi connectivity index (χ4v) is 2.68. The maximum absolute atomic E-state index is 11.6. The van der Waals surface area contributed by atoms with Gasteiger partial charge in [0, 0.05) is 32.2 Å². The van der Waals surface area contributed by atoms with Crippen LogP contribution in [0.1, 0.15) is 30.9 Å². The van der Waals surface area contributed by atoms with Crippen molar-refractivity contribution in [3.05, 3.63) is 59.7 Å². The van der Waals surface area contributed by atoms with Gasteiger partial charge in [0.2, 0.25) is 5.91 Å². The first-order valence-electron chi connectivity index (χ1n) is 9.60. The third kappa shape index (κ3) is 9.17. The third-order valence-corrected chi connectivity index (χ3v) is 4.26. The minimum absolute atomic E-state index is 0. The summed E-state index contributed by atoms with van der Waals surface area (Å²) in [5, 5.41) is 9.51. The molecule has 0 saturated heterocycles. The number of hydrogen-bond donors (Lipinski definition) is 3. The Bertz CT molecular complexity index is 761. The Morgan fingerprint density at radius 2 is 1.66 bits per heavy atom. The van der Waals surface area contributed by atoms with Gasteiger partial charge in [-0.1, -0.05) is 31.2 Å². The second-order valence-electron chi connectivity index (χ2n) is 6.45. The minimum Gasteiger partial charge on any atom is -0.497 e. The molecule has 0 fully saturated rings. The molecule has 3 N–H and O–H groups in total. The van der Waals surface area contributed by atoms with Crippen LogP contribution in [-0.4, -0.2) is 32.6 Å². The number of aliphatic imine (C=N–C) groups is 1. The lowest BCUT2D eigenvalue weighted by atomic mass is 10.1. The molecular formula is C22H31IN4O2. The van der Waals surface area contributed by atoms with E-state index in [-0.39, 0.29) is 29.9 Å². The maximum Gasteiger partial charge on any atom is 0.224 e. The molecule has 0 aliphatic rings. The van der Waals surface area contributed by atoms with Crippen molar-refractivity contribution >= 4 is 41.5 Å². The predicted molar refractivity (Wildman–Crippen MR) is 130 cm³/mol. The lowest BCUT2D eigenvalue weighted by Gasteiger charge is -2.12. The first-order valence-corrected chi connectivity index (χ1v) is 9.60. The van der Waals surface area contributed by atoms with Crippen LogP contribution in [0.3, 0.4) is 0 Å². The van der Waals surface area contributed by atoms with Crippen LogP contribution < -0.4 is 20.7 Å². The summed E-state index contributed by atoms with van der Waals surface area (Å²) in [6.45, 7) is 3.44. The maximum atomic E-state index is 11.6. The van der Waals surface area contributed by atoms with Crippen molar-refractivity contribution in [3.63, 3.8) is 0 Å². The number of benzene rings is 2. The lowest BCUT2D eigenvalue weighted by molar-refractivity contribution is -0.116. The minimum atomic E-state index is 0. The Hall–Kier alpha value is -2.29. The van der Waals surface area contributed by atoms with Crippen LogP contribution in [0, 0.1) is 0 Å². The van der Waals surface area contributed by atoms with Crippen LogP contribution in [0.2, 0.25) is 0 Å². The van der Waals surface area contributed by atoms with Crippen LogP contribution in [0.5, 0.6) is 5.75 Å². The first kappa shape index (κ1) is 24.7. The molecule has 6 nitrogen and oxygen atoms in total. The highest BCUT2D eigenvalue weighted by Crippen LogP contribution is 2.12. The largest absolute Gasteiger partial charge is 0.497 e. The Morgan fingerprint density at radius 1 is 1.00 bits per heavy atom. The van der Waals surface area contributed by atoms with Gasteiger partial charge in [0.1, 0.15) is 5.75 Å². The molecule has 29 heavy (non-hydrogen) atoms. The van der Waals surface area contributed by atoms with Crippen molar-refractivity contribution in [2.24, 2.45) is 4.99 Å². The van der Waals surface area contributed by atoms with Crippen molar-refractivity contribution in [2.45, 2.75) is 32.7 Å². The predicted octanol–water partition coefficient (Wildman–Crippen LogP) is 3.96. The molecule has 0 spiro atoms. The van der Waals surface area contributed by atoms with Crippen LogP contribution in [-0.2, 0) is 17.8 Å². The number of rotatable bonds is 9. The zero-order valence-corrected chi connectivity index (χ0v) is 19.7. The number of nitrogens with zero attached hydrogens (tertiary/aromatic N) is 1. The highest BCUT2D eigenvalue weighted by Gasteiger charge is 2.02. The summed E-state index contributed by atoms with van der Waals surface area (Å²) in [5.41, 5.74) is 3.18. The number of hydrogen-bond acceptors (Lipinski definition) is 3. The molecule has 0 aromatic heterocycles. The fourth-order valence-electron chi connectivity index (χ4n) is 2.68. The molecule has 0 aliphatic heterocycles. The average molecular weight is 510 g/mol. The molecule has 0 unspecified atom stereocenters. The molecule has 158 valence electrons. The molecule has 1 amide bonds. The van der Waals surface area contributed by atoms with Gasteiger partial charge in [0.15, 0.2) is 5.96 Å². The third-order valence-electron chi connectivity index (χ3n) is 4.26. The molecule has 2 aromatic rings. The number of halogens is 1. The monoisotopic (exact) mass is 510 g/mol. The topological polar surface area (TPSA) is 74.8 Å². The number of amides is 1. The van der Waals surface area contributed by atoms with Gasteiger partial charge in [0.05, 0.1) is 7.11 Å². The van der Waals surface area contributed by atoms with Gasteiger partial charge in [0.25, 0.3) is 0 Å². The zero-order chi connectivity index (χ0) is 20.2. The highest BCUT2D eigenvalue weighted by molar-refractivity contribution is 14.0. The number of methoxy groups -OCH3 is 1. The molecule has 0 heterocycles. The van der Waals surface area contributed by atoms with Crippen LogP contribution in [0.15, 0.2) is 53.5 Å². The Labute approximate surface area is 190 Å². The van der Waals surface area contributed by atoms with Crippen LogP contribution >= 0.6 is 24.0 Å². The van der Waals surface area contributed by atoms with E-state index in [1.165, 1.54) is 5.56 Å². The van der Waals surface area contributed by atoms with E-state index in [4.69, 9.17) is 4.74 Å². The van der Waals surface area contributed by atoms with Gasteiger partial charge in [-0.15, -0.1) is 24.0 Å². The molecule has 0 bridgehead atoms. The lowest BCUT2D eigenvalue weighted by Crippen LogP contribution is -2.37. The Balaban J connectivity index is 0.00000420. The Kier molecular flexibility index (Phi) is 11.8. The van der Waals surface area contributed by atoms with E-state index < -0.39 is 0 Å². The van der Waals surface area contributed by atoms with Gasteiger partial charge in [-0.25, -0.2) is 0 Å². The molecule has 7 heteroatoms. The number of carbonyl (C=O) groups excluding carboxylic acids is 1. The summed E-state index contributed by atoms with van der Waals surface area (Å²) in [6.07, 6.45) is 2.29.